The highest BCUT2D eigenvalue weighted by atomic mass is 35.5. The molecule has 0 amide bonds. The predicted octanol–water partition coefficient (Wildman–Crippen LogP) is 1.44. The molecule has 0 aliphatic carbocycles. The van der Waals surface area contributed by atoms with Gasteiger partial charge in [-0.05, 0) is 25.8 Å². The Morgan fingerprint density at radius 2 is 2.50 bits per heavy atom. The van der Waals surface area contributed by atoms with Crippen LogP contribution < -0.4 is 0 Å². The Bertz CT molecular complexity index is 78.8. The van der Waals surface area contributed by atoms with Crippen molar-refractivity contribution >= 4 is 17.7 Å². The van der Waals surface area contributed by atoms with Gasteiger partial charge in [-0.25, -0.2) is 0 Å². The van der Waals surface area contributed by atoms with E-state index >= 15 is 0 Å². The van der Waals surface area contributed by atoms with Crippen molar-refractivity contribution in [2.45, 2.75) is 19.7 Å². The first-order valence-corrected chi connectivity index (χ1v) is 3.66. The first kappa shape index (κ1) is 6.44. The van der Waals surface area contributed by atoms with Crippen LogP contribution in [0.3, 0.4) is 0 Å². The number of hydrogen-bond donors (Lipinski definition) is 0. The normalized spacial score (nSPS) is 22.5. The molecule has 0 N–H and O–H groups in total. The summed E-state index contributed by atoms with van der Waals surface area (Å²) >= 11 is 5.90. The van der Waals surface area contributed by atoms with E-state index in [9.17, 15) is 0 Å². The Labute approximate surface area is 56.0 Å². The molecular weight excluding hydrogens is 120 g/mol. The van der Waals surface area contributed by atoms with Gasteiger partial charge in [0.05, 0.1) is 0 Å². The smallest absolute Gasteiger partial charge is 0.329 e. The second kappa shape index (κ2) is 2.74. The zero-order chi connectivity index (χ0) is 5.98. The molecule has 0 unspecified atom stereocenters. The molecule has 0 aromatic rings. The maximum atomic E-state index is 5.90. The SMILES string of the molecule is CCN1CCCB1Cl. The van der Waals surface area contributed by atoms with E-state index in [4.69, 9.17) is 11.5 Å². The lowest BCUT2D eigenvalue weighted by molar-refractivity contribution is 0.499. The second-order valence-electron chi connectivity index (χ2n) is 2.21. The van der Waals surface area contributed by atoms with E-state index in [1.807, 2.05) is 0 Å². The van der Waals surface area contributed by atoms with Gasteiger partial charge in [-0.3, -0.25) is 0 Å². The highest BCUT2D eigenvalue weighted by Crippen LogP contribution is 2.16. The van der Waals surface area contributed by atoms with Crippen molar-refractivity contribution in [1.29, 1.82) is 0 Å². The molecule has 8 heavy (non-hydrogen) atoms. The summed E-state index contributed by atoms with van der Waals surface area (Å²) in [6, 6.07) is 0. The number of halogens is 1. The zero-order valence-corrected chi connectivity index (χ0v) is 5.99. The molecule has 1 rings (SSSR count). The largest absolute Gasteiger partial charge is 0.331 e. The van der Waals surface area contributed by atoms with Gasteiger partial charge < -0.3 is 4.81 Å². The van der Waals surface area contributed by atoms with Gasteiger partial charge in [0.15, 0.2) is 0 Å². The van der Waals surface area contributed by atoms with Gasteiger partial charge in [0.1, 0.15) is 0 Å². The van der Waals surface area contributed by atoms with E-state index in [1.54, 1.807) is 0 Å². The molecule has 1 heterocycles. The first-order valence-electron chi connectivity index (χ1n) is 3.22. The van der Waals surface area contributed by atoms with Gasteiger partial charge in [0.25, 0.3) is 0 Å². The Balaban J connectivity index is 2.30. The molecule has 3 heteroatoms. The van der Waals surface area contributed by atoms with Crippen molar-refractivity contribution in [3.05, 3.63) is 0 Å². The van der Waals surface area contributed by atoms with Crippen molar-refractivity contribution < 1.29 is 0 Å². The molecule has 1 nitrogen and oxygen atoms in total. The number of rotatable bonds is 1. The van der Waals surface area contributed by atoms with E-state index in [0.29, 0.717) is 6.26 Å². The highest BCUT2D eigenvalue weighted by molar-refractivity contribution is 7.05. The van der Waals surface area contributed by atoms with Crippen LogP contribution in [0.25, 0.3) is 0 Å². The van der Waals surface area contributed by atoms with Crippen LogP contribution in [-0.2, 0) is 0 Å². The molecule has 1 aliphatic heterocycles. The lowest BCUT2D eigenvalue weighted by atomic mass is 9.89. The van der Waals surface area contributed by atoms with Crippen LogP contribution >= 0.6 is 11.5 Å². The van der Waals surface area contributed by atoms with E-state index in [2.05, 4.69) is 11.7 Å². The molecule has 0 spiro atoms. The third-order valence-electron chi connectivity index (χ3n) is 1.69. The van der Waals surface area contributed by atoms with Crippen molar-refractivity contribution in [1.82, 2.24) is 4.81 Å². The number of hydrogen-bond acceptors (Lipinski definition) is 1. The minimum absolute atomic E-state index is 0.333. The fourth-order valence-electron chi connectivity index (χ4n) is 1.14. The monoisotopic (exact) mass is 131 g/mol. The summed E-state index contributed by atoms with van der Waals surface area (Å²) in [6.07, 6.45) is 2.79. The minimum Gasteiger partial charge on any atom is -0.329 e. The van der Waals surface area contributed by atoms with Crippen molar-refractivity contribution in [2.75, 3.05) is 13.1 Å². The molecule has 0 saturated carbocycles. The van der Waals surface area contributed by atoms with Crippen molar-refractivity contribution in [2.24, 2.45) is 0 Å². The molecule has 1 saturated heterocycles. The third-order valence-corrected chi connectivity index (χ3v) is 2.18. The molecule has 0 bridgehead atoms. The van der Waals surface area contributed by atoms with Gasteiger partial charge in [0, 0.05) is 0 Å². The summed E-state index contributed by atoms with van der Waals surface area (Å²) in [5.41, 5.74) is 0. The summed E-state index contributed by atoms with van der Waals surface area (Å²) < 4.78 is 0. The number of nitrogens with zero attached hydrogens (tertiary/aromatic N) is 1. The summed E-state index contributed by atoms with van der Waals surface area (Å²) in [4.78, 5) is 2.29. The Kier molecular flexibility index (Phi) is 2.21. The predicted molar refractivity (Wildman–Crippen MR) is 38.3 cm³/mol. The van der Waals surface area contributed by atoms with E-state index < -0.39 is 0 Å². The summed E-state index contributed by atoms with van der Waals surface area (Å²) in [5, 5.41) is 0. The highest BCUT2D eigenvalue weighted by Gasteiger charge is 2.24. The second-order valence-corrected chi connectivity index (χ2v) is 2.71. The molecule has 0 aromatic heterocycles. The van der Waals surface area contributed by atoms with Crippen LogP contribution in [0, 0.1) is 0 Å². The van der Waals surface area contributed by atoms with E-state index in [0.717, 1.165) is 6.54 Å². The van der Waals surface area contributed by atoms with Crippen LogP contribution in [-0.4, -0.2) is 24.2 Å². The summed E-state index contributed by atoms with van der Waals surface area (Å²) in [7, 11) is 0. The van der Waals surface area contributed by atoms with Crippen LogP contribution in [0.2, 0.25) is 6.32 Å². The van der Waals surface area contributed by atoms with Gasteiger partial charge in [-0.1, -0.05) is 6.92 Å². The van der Waals surface area contributed by atoms with Gasteiger partial charge >= 0.3 is 6.26 Å². The topological polar surface area (TPSA) is 3.24 Å². The lowest BCUT2D eigenvalue weighted by Gasteiger charge is -2.12. The molecule has 1 aliphatic rings. The first-order chi connectivity index (χ1) is 3.84. The standard InChI is InChI=1S/C5H11BClN/c1-2-8-5-3-4-6(8)7/h2-5H2,1H3. The van der Waals surface area contributed by atoms with E-state index in [1.165, 1.54) is 19.3 Å². The summed E-state index contributed by atoms with van der Waals surface area (Å²) in [6.45, 7) is 4.46. The molecular formula is C5H11BClN. The minimum atomic E-state index is 0.333. The maximum absolute atomic E-state index is 5.90. The maximum Gasteiger partial charge on any atom is 0.331 e. The molecule has 0 radical (unpaired) electrons. The Hall–Kier alpha value is 0.315. The zero-order valence-electron chi connectivity index (χ0n) is 5.23. The average Bonchev–Trinajstić information content (AvgIpc) is 2.14. The van der Waals surface area contributed by atoms with Crippen LogP contribution in [0.1, 0.15) is 13.3 Å². The Morgan fingerprint density at radius 3 is 2.75 bits per heavy atom. The van der Waals surface area contributed by atoms with Gasteiger partial charge in [0.2, 0.25) is 0 Å². The van der Waals surface area contributed by atoms with Crippen molar-refractivity contribution in [3.63, 3.8) is 0 Å². The van der Waals surface area contributed by atoms with Crippen LogP contribution in [0.5, 0.6) is 0 Å². The Morgan fingerprint density at radius 1 is 1.75 bits per heavy atom. The molecule has 0 atom stereocenters. The molecule has 0 aromatic carbocycles. The van der Waals surface area contributed by atoms with Crippen molar-refractivity contribution in [3.8, 4) is 0 Å². The average molecular weight is 131 g/mol. The third kappa shape index (κ3) is 1.18. The molecule has 46 valence electrons. The van der Waals surface area contributed by atoms with Gasteiger partial charge in [-0.2, -0.15) is 11.5 Å². The molecule has 1 fully saturated rings. The van der Waals surface area contributed by atoms with Gasteiger partial charge in [-0.15, -0.1) is 0 Å². The van der Waals surface area contributed by atoms with E-state index in [-0.39, 0.29) is 0 Å². The van der Waals surface area contributed by atoms with Crippen LogP contribution in [0.15, 0.2) is 0 Å². The summed E-state index contributed by atoms with van der Waals surface area (Å²) in [5.74, 6) is 0. The quantitative estimate of drug-likeness (QED) is 0.487. The lowest BCUT2D eigenvalue weighted by Crippen LogP contribution is -2.28. The van der Waals surface area contributed by atoms with Crippen LogP contribution in [0.4, 0.5) is 0 Å². The fraction of sp³-hybridized carbons (Fsp3) is 1.00. The fourth-order valence-corrected chi connectivity index (χ4v) is 1.53.